The van der Waals surface area contributed by atoms with Crippen LogP contribution in [0.5, 0.6) is 0 Å². The van der Waals surface area contributed by atoms with Crippen LogP contribution >= 0.6 is 0 Å². The smallest absolute Gasteiger partial charge is 0.186 e. The SMILES string of the molecule is C#CCCC(C)C1=NCCO1. The lowest BCUT2D eigenvalue weighted by atomic mass is 10.1. The second-order valence-corrected chi connectivity index (χ2v) is 2.71. The molecule has 0 aromatic rings. The molecule has 1 unspecified atom stereocenters. The van der Waals surface area contributed by atoms with Gasteiger partial charge in [-0.3, -0.25) is 4.99 Å². The van der Waals surface area contributed by atoms with Gasteiger partial charge < -0.3 is 4.74 Å². The van der Waals surface area contributed by atoms with Gasteiger partial charge in [-0.1, -0.05) is 6.92 Å². The van der Waals surface area contributed by atoms with Crippen molar-refractivity contribution in [3.8, 4) is 12.3 Å². The minimum absolute atomic E-state index is 0.397. The number of ether oxygens (including phenoxy) is 1. The van der Waals surface area contributed by atoms with Crippen LogP contribution in [0.3, 0.4) is 0 Å². The molecule has 1 aliphatic rings. The number of hydrogen-bond acceptors (Lipinski definition) is 2. The van der Waals surface area contributed by atoms with Gasteiger partial charge in [-0.05, 0) is 6.42 Å². The Morgan fingerprint density at radius 2 is 2.64 bits per heavy atom. The Hall–Kier alpha value is -0.970. The zero-order valence-electron chi connectivity index (χ0n) is 6.84. The van der Waals surface area contributed by atoms with Crippen LogP contribution in [0.1, 0.15) is 19.8 Å². The summed E-state index contributed by atoms with van der Waals surface area (Å²) in [4.78, 5) is 4.21. The van der Waals surface area contributed by atoms with Gasteiger partial charge in [0.05, 0.1) is 6.54 Å². The summed E-state index contributed by atoms with van der Waals surface area (Å²) in [5.74, 6) is 3.90. The number of hydrogen-bond donors (Lipinski definition) is 0. The summed E-state index contributed by atoms with van der Waals surface area (Å²) < 4.78 is 5.29. The Labute approximate surface area is 67.7 Å². The Bertz CT molecular complexity index is 190. The largest absolute Gasteiger partial charge is 0.479 e. The van der Waals surface area contributed by atoms with Crippen LogP contribution in [0.25, 0.3) is 0 Å². The van der Waals surface area contributed by atoms with E-state index >= 15 is 0 Å². The van der Waals surface area contributed by atoms with Gasteiger partial charge in [-0.2, -0.15) is 0 Å². The van der Waals surface area contributed by atoms with E-state index < -0.39 is 0 Å². The third-order valence-corrected chi connectivity index (χ3v) is 1.75. The van der Waals surface area contributed by atoms with Gasteiger partial charge in [0.25, 0.3) is 0 Å². The van der Waals surface area contributed by atoms with Gasteiger partial charge in [0, 0.05) is 12.3 Å². The summed E-state index contributed by atoms with van der Waals surface area (Å²) in [6.07, 6.45) is 6.94. The first kappa shape index (κ1) is 8.13. The van der Waals surface area contributed by atoms with E-state index in [0.29, 0.717) is 5.92 Å². The molecule has 11 heavy (non-hydrogen) atoms. The normalized spacial score (nSPS) is 18.4. The first-order valence-corrected chi connectivity index (χ1v) is 3.95. The molecule has 2 nitrogen and oxygen atoms in total. The molecule has 0 aliphatic carbocycles. The molecule has 0 spiro atoms. The van der Waals surface area contributed by atoms with E-state index in [1.54, 1.807) is 0 Å². The Morgan fingerprint density at radius 3 is 3.18 bits per heavy atom. The molecule has 0 fully saturated rings. The number of aliphatic imine (C=N–C) groups is 1. The molecule has 60 valence electrons. The van der Waals surface area contributed by atoms with Crippen LogP contribution in [-0.4, -0.2) is 19.0 Å². The lowest BCUT2D eigenvalue weighted by Gasteiger charge is -2.08. The van der Waals surface area contributed by atoms with E-state index in [4.69, 9.17) is 11.2 Å². The standard InChI is InChI=1S/C9H13NO/c1-3-4-5-8(2)9-10-6-7-11-9/h1,8H,4-7H2,2H3. The Balaban J connectivity index is 2.29. The van der Waals surface area contributed by atoms with Crippen LogP contribution in [0.4, 0.5) is 0 Å². The van der Waals surface area contributed by atoms with Crippen molar-refractivity contribution in [2.24, 2.45) is 10.9 Å². The van der Waals surface area contributed by atoms with Crippen molar-refractivity contribution in [2.75, 3.05) is 13.2 Å². The zero-order valence-corrected chi connectivity index (χ0v) is 6.84. The predicted octanol–water partition coefficient (Wildman–Crippen LogP) is 1.46. The molecule has 1 rings (SSSR count). The lowest BCUT2D eigenvalue weighted by molar-refractivity contribution is 0.322. The maximum Gasteiger partial charge on any atom is 0.186 e. The molecule has 1 heterocycles. The Morgan fingerprint density at radius 1 is 1.82 bits per heavy atom. The molecule has 0 N–H and O–H groups in total. The van der Waals surface area contributed by atoms with Crippen LogP contribution in [0, 0.1) is 18.3 Å². The summed E-state index contributed by atoms with van der Waals surface area (Å²) in [6, 6.07) is 0. The molecule has 0 saturated carbocycles. The minimum atomic E-state index is 0.397. The monoisotopic (exact) mass is 151 g/mol. The average Bonchev–Trinajstić information content (AvgIpc) is 2.52. The van der Waals surface area contributed by atoms with E-state index in [1.807, 2.05) is 0 Å². The van der Waals surface area contributed by atoms with E-state index in [0.717, 1.165) is 31.9 Å². The average molecular weight is 151 g/mol. The lowest BCUT2D eigenvalue weighted by Crippen LogP contribution is -2.10. The molecular weight excluding hydrogens is 138 g/mol. The molecule has 0 radical (unpaired) electrons. The van der Waals surface area contributed by atoms with Crippen molar-refractivity contribution in [1.29, 1.82) is 0 Å². The van der Waals surface area contributed by atoms with E-state index in [-0.39, 0.29) is 0 Å². The van der Waals surface area contributed by atoms with Gasteiger partial charge in [-0.15, -0.1) is 12.3 Å². The fourth-order valence-electron chi connectivity index (χ4n) is 1.07. The first-order chi connectivity index (χ1) is 5.34. The molecule has 0 aromatic carbocycles. The van der Waals surface area contributed by atoms with E-state index in [9.17, 15) is 0 Å². The van der Waals surface area contributed by atoms with Crippen LogP contribution in [-0.2, 0) is 4.74 Å². The third-order valence-electron chi connectivity index (χ3n) is 1.75. The van der Waals surface area contributed by atoms with Crippen LogP contribution in [0.2, 0.25) is 0 Å². The van der Waals surface area contributed by atoms with Crippen LogP contribution in [0.15, 0.2) is 4.99 Å². The van der Waals surface area contributed by atoms with Crippen molar-refractivity contribution in [3.05, 3.63) is 0 Å². The highest BCUT2D eigenvalue weighted by Gasteiger charge is 2.14. The van der Waals surface area contributed by atoms with Gasteiger partial charge in [-0.25, -0.2) is 0 Å². The summed E-state index contributed by atoms with van der Waals surface area (Å²) in [6.45, 7) is 3.66. The maximum absolute atomic E-state index is 5.29. The molecule has 1 aliphatic heterocycles. The number of nitrogens with zero attached hydrogens (tertiary/aromatic N) is 1. The van der Waals surface area contributed by atoms with Crippen molar-refractivity contribution < 1.29 is 4.74 Å². The molecule has 0 saturated heterocycles. The molecular formula is C9H13NO. The van der Waals surface area contributed by atoms with Crippen molar-refractivity contribution >= 4 is 5.90 Å². The molecule has 1 atom stereocenters. The second kappa shape index (κ2) is 4.02. The van der Waals surface area contributed by atoms with Gasteiger partial charge in [0.1, 0.15) is 6.61 Å². The number of terminal acetylenes is 1. The quantitative estimate of drug-likeness (QED) is 0.560. The second-order valence-electron chi connectivity index (χ2n) is 2.71. The van der Waals surface area contributed by atoms with Gasteiger partial charge in [0.15, 0.2) is 5.90 Å². The van der Waals surface area contributed by atoms with Crippen molar-refractivity contribution in [2.45, 2.75) is 19.8 Å². The first-order valence-electron chi connectivity index (χ1n) is 3.95. The fourth-order valence-corrected chi connectivity index (χ4v) is 1.07. The number of rotatable bonds is 3. The molecule has 0 aromatic heterocycles. The van der Waals surface area contributed by atoms with E-state index in [2.05, 4.69) is 17.8 Å². The summed E-state index contributed by atoms with van der Waals surface area (Å²) in [5.41, 5.74) is 0. The van der Waals surface area contributed by atoms with Crippen molar-refractivity contribution in [1.82, 2.24) is 0 Å². The fraction of sp³-hybridized carbons (Fsp3) is 0.667. The Kier molecular flexibility index (Phi) is 2.97. The van der Waals surface area contributed by atoms with Gasteiger partial charge in [0.2, 0.25) is 0 Å². The molecule has 0 bridgehead atoms. The summed E-state index contributed by atoms with van der Waals surface area (Å²) in [7, 11) is 0. The highest BCUT2D eigenvalue weighted by Crippen LogP contribution is 2.11. The third kappa shape index (κ3) is 2.27. The summed E-state index contributed by atoms with van der Waals surface area (Å²) in [5, 5.41) is 0. The molecule has 0 amide bonds. The van der Waals surface area contributed by atoms with Gasteiger partial charge >= 0.3 is 0 Å². The maximum atomic E-state index is 5.29. The zero-order chi connectivity index (χ0) is 8.10. The highest BCUT2D eigenvalue weighted by molar-refractivity contribution is 5.79. The highest BCUT2D eigenvalue weighted by atomic mass is 16.5. The minimum Gasteiger partial charge on any atom is -0.479 e. The van der Waals surface area contributed by atoms with Crippen molar-refractivity contribution in [3.63, 3.8) is 0 Å². The van der Waals surface area contributed by atoms with E-state index in [1.165, 1.54) is 0 Å². The predicted molar refractivity (Wildman–Crippen MR) is 45.5 cm³/mol. The van der Waals surface area contributed by atoms with Crippen LogP contribution < -0.4 is 0 Å². The summed E-state index contributed by atoms with van der Waals surface area (Å²) >= 11 is 0. The molecule has 2 heteroatoms. The topological polar surface area (TPSA) is 21.6 Å².